The van der Waals surface area contributed by atoms with Crippen LogP contribution in [0, 0.1) is 23.7 Å². The second-order valence-electron chi connectivity index (χ2n) is 7.00. The van der Waals surface area contributed by atoms with Crippen LogP contribution in [0.25, 0.3) is 0 Å². The van der Waals surface area contributed by atoms with Gasteiger partial charge in [0.1, 0.15) is 0 Å². The van der Waals surface area contributed by atoms with Gasteiger partial charge in [-0.1, -0.05) is 24.3 Å². The van der Waals surface area contributed by atoms with Crippen molar-refractivity contribution in [3.05, 3.63) is 37.5 Å². The van der Waals surface area contributed by atoms with Crippen molar-refractivity contribution < 1.29 is 0 Å². The van der Waals surface area contributed by atoms with E-state index in [1.54, 1.807) is 0 Å². The number of hydrogen-bond acceptors (Lipinski definition) is 0. The van der Waals surface area contributed by atoms with Crippen molar-refractivity contribution in [2.24, 2.45) is 23.7 Å². The van der Waals surface area contributed by atoms with E-state index in [0.29, 0.717) is 0 Å². The monoisotopic (exact) mass is 272 g/mol. The van der Waals surface area contributed by atoms with Gasteiger partial charge in [-0.05, 0) is 87.9 Å². The molecule has 0 aromatic carbocycles. The first-order valence-corrected chi connectivity index (χ1v) is 8.72. The first-order valence-electron chi connectivity index (χ1n) is 8.72. The van der Waals surface area contributed by atoms with Gasteiger partial charge in [0.2, 0.25) is 0 Å². The third kappa shape index (κ3) is 4.96. The summed E-state index contributed by atoms with van der Waals surface area (Å²) in [6.07, 6.45) is 23.0. The zero-order valence-corrected chi connectivity index (χ0v) is 13.1. The standard InChI is InChI=1S/C20H32/c1-3-5-17-7-11-19(12-8-17)15-16-20-13-9-18(6-4-2)10-14-20/h3-4,15-20H,1-2,5-14H2/t17-,18-,19-,20-. The molecule has 2 fully saturated rings. The Labute approximate surface area is 126 Å². The molecular formula is C20H32. The molecule has 0 aromatic rings. The minimum absolute atomic E-state index is 0.863. The van der Waals surface area contributed by atoms with E-state index in [1.165, 1.54) is 64.2 Å². The van der Waals surface area contributed by atoms with E-state index in [1.807, 2.05) is 0 Å². The van der Waals surface area contributed by atoms with Gasteiger partial charge in [0.05, 0.1) is 0 Å². The Morgan fingerprint density at radius 3 is 1.25 bits per heavy atom. The Bertz CT molecular complexity index is 277. The molecule has 0 unspecified atom stereocenters. The molecule has 2 saturated carbocycles. The van der Waals surface area contributed by atoms with Crippen molar-refractivity contribution in [1.82, 2.24) is 0 Å². The molecule has 0 heterocycles. The van der Waals surface area contributed by atoms with Gasteiger partial charge in [-0.25, -0.2) is 0 Å². The fourth-order valence-corrected chi connectivity index (χ4v) is 4.02. The van der Waals surface area contributed by atoms with Crippen LogP contribution >= 0.6 is 0 Å². The van der Waals surface area contributed by atoms with Gasteiger partial charge in [-0.2, -0.15) is 0 Å². The highest BCUT2D eigenvalue weighted by molar-refractivity contribution is 4.97. The van der Waals surface area contributed by atoms with Crippen LogP contribution in [0.15, 0.2) is 37.5 Å². The van der Waals surface area contributed by atoms with Crippen LogP contribution in [-0.2, 0) is 0 Å². The molecule has 112 valence electrons. The predicted molar refractivity (Wildman–Crippen MR) is 89.7 cm³/mol. The maximum absolute atomic E-state index is 3.87. The van der Waals surface area contributed by atoms with Crippen molar-refractivity contribution in [1.29, 1.82) is 0 Å². The van der Waals surface area contributed by atoms with E-state index >= 15 is 0 Å². The summed E-state index contributed by atoms with van der Waals surface area (Å²) >= 11 is 0. The molecule has 0 aromatic heterocycles. The van der Waals surface area contributed by atoms with Crippen LogP contribution < -0.4 is 0 Å². The Hall–Kier alpha value is -0.780. The zero-order valence-electron chi connectivity index (χ0n) is 13.1. The van der Waals surface area contributed by atoms with E-state index < -0.39 is 0 Å². The second kappa shape index (κ2) is 8.49. The molecular weight excluding hydrogens is 240 g/mol. The van der Waals surface area contributed by atoms with E-state index in [4.69, 9.17) is 0 Å². The molecule has 2 rings (SSSR count). The minimum atomic E-state index is 0.863. The third-order valence-electron chi connectivity index (χ3n) is 5.44. The minimum Gasteiger partial charge on any atom is -0.103 e. The van der Waals surface area contributed by atoms with Crippen molar-refractivity contribution in [2.45, 2.75) is 64.2 Å². The fourth-order valence-electron chi connectivity index (χ4n) is 4.02. The summed E-state index contributed by atoms with van der Waals surface area (Å²) in [5.74, 6) is 3.57. The van der Waals surface area contributed by atoms with Crippen molar-refractivity contribution >= 4 is 0 Å². The Morgan fingerprint density at radius 2 is 0.950 bits per heavy atom. The maximum atomic E-state index is 3.87. The third-order valence-corrected chi connectivity index (χ3v) is 5.44. The molecule has 0 atom stereocenters. The van der Waals surface area contributed by atoms with Gasteiger partial charge in [0.15, 0.2) is 0 Å². The van der Waals surface area contributed by atoms with E-state index in [-0.39, 0.29) is 0 Å². The van der Waals surface area contributed by atoms with Crippen LogP contribution in [0.2, 0.25) is 0 Å². The van der Waals surface area contributed by atoms with Crippen LogP contribution in [-0.4, -0.2) is 0 Å². The van der Waals surface area contributed by atoms with Crippen molar-refractivity contribution in [2.75, 3.05) is 0 Å². The first kappa shape index (κ1) is 15.6. The number of allylic oxidation sites excluding steroid dienone is 4. The SMILES string of the molecule is C=CC[C@H]1CC[C@H](C=C[C@H]2CC[C@H](CC=C)CC2)CC1. The van der Waals surface area contributed by atoms with Gasteiger partial charge in [0, 0.05) is 0 Å². The van der Waals surface area contributed by atoms with E-state index in [2.05, 4.69) is 37.5 Å². The summed E-state index contributed by atoms with van der Waals surface area (Å²) in [5, 5.41) is 0. The lowest BCUT2D eigenvalue weighted by molar-refractivity contribution is 0.301. The summed E-state index contributed by atoms with van der Waals surface area (Å²) in [6.45, 7) is 7.74. The molecule has 0 radical (unpaired) electrons. The molecule has 0 saturated heterocycles. The average molecular weight is 272 g/mol. The summed E-state index contributed by atoms with van der Waals surface area (Å²) in [7, 11) is 0. The molecule has 0 aliphatic heterocycles. The van der Waals surface area contributed by atoms with Gasteiger partial charge >= 0.3 is 0 Å². The normalized spacial score (nSPS) is 35.0. The fraction of sp³-hybridized carbons (Fsp3) is 0.700. The van der Waals surface area contributed by atoms with E-state index in [0.717, 1.165) is 23.7 Å². The molecule has 2 aliphatic carbocycles. The van der Waals surface area contributed by atoms with Gasteiger partial charge in [0.25, 0.3) is 0 Å². The van der Waals surface area contributed by atoms with Crippen LogP contribution in [0.5, 0.6) is 0 Å². The zero-order chi connectivity index (χ0) is 14.2. The van der Waals surface area contributed by atoms with Gasteiger partial charge < -0.3 is 0 Å². The molecule has 0 amide bonds. The average Bonchev–Trinajstić information content (AvgIpc) is 2.49. The van der Waals surface area contributed by atoms with Gasteiger partial charge in [-0.3, -0.25) is 0 Å². The highest BCUT2D eigenvalue weighted by atomic mass is 14.3. The molecule has 0 N–H and O–H groups in total. The summed E-state index contributed by atoms with van der Waals surface area (Å²) < 4.78 is 0. The lowest BCUT2D eigenvalue weighted by atomic mass is 9.78. The topological polar surface area (TPSA) is 0 Å². The first-order chi connectivity index (χ1) is 9.81. The summed E-state index contributed by atoms with van der Waals surface area (Å²) in [4.78, 5) is 0. The lowest BCUT2D eigenvalue weighted by Gasteiger charge is -2.28. The lowest BCUT2D eigenvalue weighted by Crippen LogP contribution is -2.14. The molecule has 0 bridgehead atoms. The Morgan fingerprint density at radius 1 is 0.600 bits per heavy atom. The van der Waals surface area contributed by atoms with Crippen LogP contribution in [0.4, 0.5) is 0 Å². The predicted octanol–water partition coefficient (Wildman–Crippen LogP) is 6.31. The highest BCUT2D eigenvalue weighted by Crippen LogP contribution is 2.34. The number of hydrogen-bond donors (Lipinski definition) is 0. The molecule has 2 aliphatic rings. The van der Waals surface area contributed by atoms with Crippen molar-refractivity contribution in [3.63, 3.8) is 0 Å². The van der Waals surface area contributed by atoms with Crippen LogP contribution in [0.1, 0.15) is 64.2 Å². The number of rotatable bonds is 6. The largest absolute Gasteiger partial charge is 0.103 e. The second-order valence-corrected chi connectivity index (χ2v) is 7.00. The Balaban J connectivity index is 1.67. The van der Waals surface area contributed by atoms with Crippen molar-refractivity contribution in [3.8, 4) is 0 Å². The summed E-state index contributed by atoms with van der Waals surface area (Å²) in [5.41, 5.74) is 0. The smallest absolute Gasteiger partial charge is 0.0233 e. The molecule has 0 heteroatoms. The molecule has 0 spiro atoms. The van der Waals surface area contributed by atoms with E-state index in [9.17, 15) is 0 Å². The Kier molecular flexibility index (Phi) is 6.63. The van der Waals surface area contributed by atoms with Crippen LogP contribution in [0.3, 0.4) is 0 Å². The quantitative estimate of drug-likeness (QED) is 0.497. The summed E-state index contributed by atoms with van der Waals surface area (Å²) in [6, 6.07) is 0. The van der Waals surface area contributed by atoms with Gasteiger partial charge in [-0.15, -0.1) is 13.2 Å². The maximum Gasteiger partial charge on any atom is -0.0233 e. The molecule has 20 heavy (non-hydrogen) atoms. The highest BCUT2D eigenvalue weighted by Gasteiger charge is 2.20. The molecule has 0 nitrogen and oxygen atoms in total.